The monoisotopic (exact) mass is 265 g/mol. The van der Waals surface area contributed by atoms with E-state index in [-0.39, 0.29) is 5.78 Å². The van der Waals surface area contributed by atoms with Gasteiger partial charge in [-0.05, 0) is 24.6 Å². The fraction of sp³-hybridized carbons (Fsp3) is 0.118. The Bertz CT molecular complexity index is 787. The van der Waals surface area contributed by atoms with Crippen LogP contribution >= 0.6 is 0 Å². The summed E-state index contributed by atoms with van der Waals surface area (Å²) in [5, 5.41) is 0.836. The molecule has 0 saturated carbocycles. The van der Waals surface area contributed by atoms with E-state index in [1.807, 2.05) is 49.4 Å². The van der Waals surface area contributed by atoms with Gasteiger partial charge < -0.3 is 9.72 Å². The zero-order chi connectivity index (χ0) is 14.1. The van der Waals surface area contributed by atoms with Gasteiger partial charge in [0.25, 0.3) is 0 Å². The zero-order valence-corrected chi connectivity index (χ0v) is 11.4. The Balaban J connectivity index is 2.20. The Hall–Kier alpha value is -2.55. The van der Waals surface area contributed by atoms with E-state index in [0.717, 1.165) is 22.0 Å². The van der Waals surface area contributed by atoms with Gasteiger partial charge in [-0.2, -0.15) is 0 Å². The van der Waals surface area contributed by atoms with Crippen LogP contribution in [0.5, 0.6) is 5.75 Å². The number of H-pyrrole nitrogens is 1. The highest BCUT2D eigenvalue weighted by atomic mass is 16.5. The van der Waals surface area contributed by atoms with Crippen molar-refractivity contribution in [3.63, 3.8) is 0 Å². The molecule has 0 fully saturated rings. The van der Waals surface area contributed by atoms with E-state index in [2.05, 4.69) is 4.98 Å². The number of methoxy groups -OCH3 is 1. The van der Waals surface area contributed by atoms with E-state index in [4.69, 9.17) is 4.74 Å². The summed E-state index contributed by atoms with van der Waals surface area (Å²) in [6.07, 6.45) is 1.75. The molecule has 3 rings (SSSR count). The Morgan fingerprint density at radius 1 is 1.05 bits per heavy atom. The molecule has 3 heteroatoms. The molecule has 20 heavy (non-hydrogen) atoms. The third kappa shape index (κ3) is 1.88. The predicted molar refractivity (Wildman–Crippen MR) is 79.5 cm³/mol. The standard InChI is InChI=1S/C17H15NO2/c1-11-6-3-4-7-12(11)17(19)13-10-18-14-8-5-9-15(20-2)16(13)14/h3-10,18H,1-2H3. The molecule has 1 heterocycles. The van der Waals surface area contributed by atoms with Crippen molar-refractivity contribution in [2.45, 2.75) is 6.92 Å². The van der Waals surface area contributed by atoms with Crippen LogP contribution in [0.2, 0.25) is 0 Å². The highest BCUT2D eigenvalue weighted by Gasteiger charge is 2.18. The quantitative estimate of drug-likeness (QED) is 0.733. The summed E-state index contributed by atoms with van der Waals surface area (Å²) in [5.41, 5.74) is 3.24. The molecule has 1 N–H and O–H groups in total. The van der Waals surface area contributed by atoms with E-state index in [1.165, 1.54) is 0 Å². The van der Waals surface area contributed by atoms with Gasteiger partial charge in [0.15, 0.2) is 5.78 Å². The number of benzene rings is 2. The van der Waals surface area contributed by atoms with Crippen LogP contribution in [0.15, 0.2) is 48.7 Å². The Morgan fingerprint density at radius 3 is 2.60 bits per heavy atom. The van der Waals surface area contributed by atoms with Gasteiger partial charge in [-0.25, -0.2) is 0 Å². The van der Waals surface area contributed by atoms with Crippen molar-refractivity contribution in [2.75, 3.05) is 7.11 Å². The van der Waals surface area contributed by atoms with E-state index in [1.54, 1.807) is 13.3 Å². The zero-order valence-electron chi connectivity index (χ0n) is 11.4. The third-order valence-corrected chi connectivity index (χ3v) is 3.52. The summed E-state index contributed by atoms with van der Waals surface area (Å²) >= 11 is 0. The molecule has 0 aliphatic rings. The molecule has 0 radical (unpaired) electrons. The molecule has 0 bridgehead atoms. The largest absolute Gasteiger partial charge is 0.496 e. The van der Waals surface area contributed by atoms with Gasteiger partial charge in [-0.3, -0.25) is 4.79 Å². The summed E-state index contributed by atoms with van der Waals surface area (Å²) in [4.78, 5) is 15.9. The van der Waals surface area contributed by atoms with Gasteiger partial charge in [0.1, 0.15) is 5.75 Å². The summed E-state index contributed by atoms with van der Waals surface area (Å²) in [6, 6.07) is 13.3. The van der Waals surface area contributed by atoms with Crippen LogP contribution < -0.4 is 4.74 Å². The average Bonchev–Trinajstić information content (AvgIpc) is 2.91. The van der Waals surface area contributed by atoms with Crippen LogP contribution in [-0.4, -0.2) is 17.9 Å². The predicted octanol–water partition coefficient (Wildman–Crippen LogP) is 3.72. The van der Waals surface area contributed by atoms with Crippen molar-refractivity contribution in [2.24, 2.45) is 0 Å². The number of rotatable bonds is 3. The van der Waals surface area contributed by atoms with Gasteiger partial charge >= 0.3 is 0 Å². The Labute approximate surface area is 117 Å². The number of aromatic nitrogens is 1. The summed E-state index contributed by atoms with van der Waals surface area (Å²) < 4.78 is 5.37. The molecule has 0 aliphatic carbocycles. The van der Waals surface area contributed by atoms with Gasteiger partial charge in [0.05, 0.1) is 18.1 Å². The number of fused-ring (bicyclic) bond motifs is 1. The fourth-order valence-corrected chi connectivity index (χ4v) is 2.47. The molecule has 0 amide bonds. The van der Waals surface area contributed by atoms with Gasteiger partial charge in [-0.1, -0.05) is 30.3 Å². The molecule has 100 valence electrons. The lowest BCUT2D eigenvalue weighted by atomic mass is 9.98. The van der Waals surface area contributed by atoms with Crippen LogP contribution in [0.1, 0.15) is 21.5 Å². The molecule has 0 spiro atoms. The molecule has 0 aliphatic heterocycles. The normalized spacial score (nSPS) is 10.7. The Morgan fingerprint density at radius 2 is 1.85 bits per heavy atom. The molecule has 0 atom stereocenters. The maximum absolute atomic E-state index is 12.7. The minimum atomic E-state index is 0.0128. The van der Waals surface area contributed by atoms with E-state index >= 15 is 0 Å². The molecule has 1 aromatic heterocycles. The van der Waals surface area contributed by atoms with Crippen molar-refractivity contribution in [1.82, 2.24) is 4.98 Å². The second-order valence-electron chi connectivity index (χ2n) is 4.73. The first-order chi connectivity index (χ1) is 9.72. The number of hydrogen-bond donors (Lipinski definition) is 1. The van der Waals surface area contributed by atoms with Crippen LogP contribution in [0.4, 0.5) is 0 Å². The summed E-state index contributed by atoms with van der Waals surface area (Å²) in [6.45, 7) is 1.94. The van der Waals surface area contributed by atoms with Gasteiger partial charge in [0.2, 0.25) is 0 Å². The number of aromatic amines is 1. The van der Waals surface area contributed by atoms with Crippen molar-refractivity contribution < 1.29 is 9.53 Å². The fourth-order valence-electron chi connectivity index (χ4n) is 2.47. The van der Waals surface area contributed by atoms with Crippen LogP contribution in [0, 0.1) is 6.92 Å². The third-order valence-electron chi connectivity index (χ3n) is 3.52. The van der Waals surface area contributed by atoms with E-state index in [0.29, 0.717) is 11.3 Å². The highest BCUT2D eigenvalue weighted by molar-refractivity contribution is 6.18. The van der Waals surface area contributed by atoms with Crippen molar-refractivity contribution in [3.05, 3.63) is 65.4 Å². The Kier molecular flexibility index (Phi) is 3.03. The molecular weight excluding hydrogens is 250 g/mol. The molecule has 3 nitrogen and oxygen atoms in total. The molecular formula is C17H15NO2. The minimum Gasteiger partial charge on any atom is -0.496 e. The second-order valence-corrected chi connectivity index (χ2v) is 4.73. The molecule has 3 aromatic rings. The molecule has 0 saturated heterocycles. The number of ketones is 1. The number of carbonyl (C=O) groups excluding carboxylic acids is 1. The highest BCUT2D eigenvalue weighted by Crippen LogP contribution is 2.30. The van der Waals surface area contributed by atoms with Crippen LogP contribution in [0.25, 0.3) is 10.9 Å². The number of nitrogens with one attached hydrogen (secondary N) is 1. The lowest BCUT2D eigenvalue weighted by molar-refractivity contribution is 0.103. The van der Waals surface area contributed by atoms with Gasteiger partial charge in [-0.15, -0.1) is 0 Å². The van der Waals surface area contributed by atoms with Crippen molar-refractivity contribution in [1.29, 1.82) is 0 Å². The smallest absolute Gasteiger partial charge is 0.195 e. The van der Waals surface area contributed by atoms with Crippen molar-refractivity contribution in [3.8, 4) is 5.75 Å². The van der Waals surface area contributed by atoms with Gasteiger partial charge in [0, 0.05) is 17.3 Å². The average molecular weight is 265 g/mol. The van der Waals surface area contributed by atoms with Crippen LogP contribution in [0.3, 0.4) is 0 Å². The lowest BCUT2D eigenvalue weighted by Gasteiger charge is -2.06. The van der Waals surface area contributed by atoms with E-state index in [9.17, 15) is 4.79 Å². The maximum atomic E-state index is 12.7. The summed E-state index contributed by atoms with van der Waals surface area (Å²) in [7, 11) is 1.61. The molecule has 0 unspecified atom stereocenters. The lowest BCUT2D eigenvalue weighted by Crippen LogP contribution is -2.03. The minimum absolute atomic E-state index is 0.0128. The molecule has 2 aromatic carbocycles. The number of carbonyl (C=O) groups is 1. The SMILES string of the molecule is COc1cccc2[nH]cc(C(=O)c3ccccc3C)c12. The van der Waals surface area contributed by atoms with E-state index < -0.39 is 0 Å². The van der Waals surface area contributed by atoms with Crippen LogP contribution in [-0.2, 0) is 0 Å². The number of hydrogen-bond acceptors (Lipinski definition) is 2. The summed E-state index contributed by atoms with van der Waals surface area (Å²) in [5.74, 6) is 0.722. The van der Waals surface area contributed by atoms with Crippen molar-refractivity contribution >= 4 is 16.7 Å². The first kappa shape index (κ1) is 12.5. The second kappa shape index (κ2) is 4.85. The first-order valence-electron chi connectivity index (χ1n) is 6.47. The maximum Gasteiger partial charge on any atom is 0.195 e. The number of aryl methyl sites for hydroxylation is 1. The topological polar surface area (TPSA) is 42.1 Å². The first-order valence-corrected chi connectivity index (χ1v) is 6.47. The number of ether oxygens (including phenoxy) is 1.